The summed E-state index contributed by atoms with van der Waals surface area (Å²) in [5.74, 6) is 0.377. The lowest BCUT2D eigenvalue weighted by Gasteiger charge is -2.33. The highest BCUT2D eigenvalue weighted by molar-refractivity contribution is 5.90. The van der Waals surface area contributed by atoms with Crippen LogP contribution in [0.25, 0.3) is 0 Å². The van der Waals surface area contributed by atoms with Crippen molar-refractivity contribution in [1.29, 1.82) is 0 Å². The highest BCUT2D eigenvalue weighted by atomic mass is 16.2. The maximum Gasteiger partial charge on any atom is 0.319 e. The summed E-state index contributed by atoms with van der Waals surface area (Å²) in [7, 11) is 0. The molecule has 1 aliphatic heterocycles. The van der Waals surface area contributed by atoms with Crippen LogP contribution in [0.2, 0.25) is 0 Å². The number of piperidine rings is 1. The molecule has 1 aliphatic rings. The van der Waals surface area contributed by atoms with Gasteiger partial charge in [0.2, 0.25) is 0 Å². The molecule has 1 fully saturated rings. The van der Waals surface area contributed by atoms with Crippen molar-refractivity contribution >= 4 is 11.7 Å². The Morgan fingerprint density at radius 3 is 2.62 bits per heavy atom. The Morgan fingerprint density at radius 2 is 1.85 bits per heavy atom. The second kappa shape index (κ2) is 8.86. The number of benzene rings is 2. The number of rotatable bonds is 5. The summed E-state index contributed by atoms with van der Waals surface area (Å²) >= 11 is 0. The maximum atomic E-state index is 12.5. The third-order valence-electron chi connectivity index (χ3n) is 4.92. The molecule has 0 radical (unpaired) electrons. The maximum absolute atomic E-state index is 12.5. The summed E-state index contributed by atoms with van der Waals surface area (Å²) in [6.07, 6.45) is 2.14. The average Bonchev–Trinajstić information content (AvgIpc) is 2.63. The number of hydrogen-bond acceptors (Lipinski definition) is 2. The zero-order valence-corrected chi connectivity index (χ0v) is 15.7. The van der Waals surface area contributed by atoms with Gasteiger partial charge in [-0.05, 0) is 42.5 Å². The van der Waals surface area contributed by atoms with Crippen LogP contribution in [-0.4, -0.2) is 30.1 Å². The fraction of sp³-hybridized carbons (Fsp3) is 0.409. The number of urea groups is 1. The summed E-state index contributed by atoms with van der Waals surface area (Å²) in [4.78, 5) is 14.9. The van der Waals surface area contributed by atoms with Crippen LogP contribution in [0.5, 0.6) is 0 Å². The molecule has 0 spiro atoms. The quantitative estimate of drug-likeness (QED) is 0.827. The highest BCUT2D eigenvalue weighted by Crippen LogP contribution is 2.23. The number of para-hydroxylation sites is 1. The predicted octanol–water partition coefficient (Wildman–Crippen LogP) is 4.60. The normalized spacial score (nSPS) is 17.9. The lowest BCUT2D eigenvalue weighted by molar-refractivity contribution is 0.183. The zero-order chi connectivity index (χ0) is 18.4. The Labute approximate surface area is 156 Å². The number of carbonyl (C=O) groups is 1. The van der Waals surface area contributed by atoms with Gasteiger partial charge in [-0.2, -0.15) is 0 Å². The molecule has 3 rings (SSSR count). The molecule has 1 heterocycles. The van der Waals surface area contributed by atoms with Crippen LogP contribution in [0.1, 0.15) is 43.7 Å². The Hall–Kier alpha value is -2.33. The summed E-state index contributed by atoms with van der Waals surface area (Å²) in [6.45, 7) is 7.21. The number of carbonyl (C=O) groups excluding carboxylic acids is 1. The molecule has 0 saturated carbocycles. The molecule has 1 atom stereocenters. The van der Waals surface area contributed by atoms with E-state index < -0.39 is 0 Å². The van der Waals surface area contributed by atoms with Crippen LogP contribution >= 0.6 is 0 Å². The van der Waals surface area contributed by atoms with Gasteiger partial charge in [0.25, 0.3) is 0 Å². The second-order valence-corrected chi connectivity index (χ2v) is 7.40. The van der Waals surface area contributed by atoms with E-state index in [1.807, 2.05) is 24.3 Å². The van der Waals surface area contributed by atoms with E-state index in [1.165, 1.54) is 5.56 Å². The minimum Gasteiger partial charge on any atom is -0.334 e. The zero-order valence-electron chi connectivity index (χ0n) is 15.7. The number of likely N-dealkylation sites (tertiary alicyclic amines) is 1. The minimum absolute atomic E-state index is 0.107. The number of nitrogens with one attached hydrogen (secondary N) is 2. The molecule has 138 valence electrons. The van der Waals surface area contributed by atoms with E-state index in [2.05, 4.69) is 59.7 Å². The van der Waals surface area contributed by atoms with E-state index in [1.54, 1.807) is 0 Å². The number of amides is 2. The lowest BCUT2D eigenvalue weighted by Crippen LogP contribution is -2.48. The van der Waals surface area contributed by atoms with Crippen LogP contribution in [0, 0.1) is 0 Å². The summed E-state index contributed by atoms with van der Waals surface area (Å²) in [5, 5.41) is 6.19. The van der Waals surface area contributed by atoms with Crippen molar-refractivity contribution in [2.45, 2.75) is 45.2 Å². The first kappa shape index (κ1) is 18.5. The fourth-order valence-electron chi connectivity index (χ4n) is 3.62. The average molecular weight is 351 g/mol. The number of anilines is 1. The molecule has 4 heteroatoms. The standard InChI is InChI=1S/C22H29N3O/c1-17(2)20-12-6-7-13-21(20)24-22(26)23-19-11-8-14-25(16-19)15-18-9-4-3-5-10-18/h3-7,9-10,12-13,17,19H,8,11,14-16H2,1-2H3,(H2,23,24,26). The van der Waals surface area contributed by atoms with E-state index in [0.29, 0.717) is 5.92 Å². The smallest absolute Gasteiger partial charge is 0.319 e. The predicted molar refractivity (Wildman–Crippen MR) is 107 cm³/mol. The molecule has 2 aromatic carbocycles. The topological polar surface area (TPSA) is 44.4 Å². The van der Waals surface area contributed by atoms with Gasteiger partial charge in [-0.25, -0.2) is 4.79 Å². The number of hydrogen-bond donors (Lipinski definition) is 2. The molecule has 1 saturated heterocycles. The van der Waals surface area contributed by atoms with E-state index in [0.717, 1.165) is 43.7 Å². The van der Waals surface area contributed by atoms with Crippen molar-refractivity contribution in [3.05, 3.63) is 65.7 Å². The molecule has 2 N–H and O–H groups in total. The van der Waals surface area contributed by atoms with Crippen molar-refractivity contribution < 1.29 is 4.79 Å². The molecule has 4 nitrogen and oxygen atoms in total. The minimum atomic E-state index is -0.107. The fourth-order valence-corrected chi connectivity index (χ4v) is 3.62. The van der Waals surface area contributed by atoms with Crippen molar-refractivity contribution in [2.24, 2.45) is 0 Å². The third kappa shape index (κ3) is 5.09. The van der Waals surface area contributed by atoms with Gasteiger partial charge in [0.15, 0.2) is 0 Å². The van der Waals surface area contributed by atoms with Gasteiger partial charge < -0.3 is 10.6 Å². The molecular formula is C22H29N3O. The van der Waals surface area contributed by atoms with E-state index in [4.69, 9.17) is 0 Å². The second-order valence-electron chi connectivity index (χ2n) is 7.40. The van der Waals surface area contributed by atoms with Crippen LogP contribution in [-0.2, 0) is 6.54 Å². The van der Waals surface area contributed by atoms with Crippen LogP contribution in [0.4, 0.5) is 10.5 Å². The van der Waals surface area contributed by atoms with Crippen LogP contribution in [0.15, 0.2) is 54.6 Å². The highest BCUT2D eigenvalue weighted by Gasteiger charge is 2.21. The Bertz CT molecular complexity index is 714. The molecule has 0 aromatic heterocycles. The van der Waals surface area contributed by atoms with Crippen LogP contribution in [0.3, 0.4) is 0 Å². The Morgan fingerprint density at radius 1 is 1.12 bits per heavy atom. The van der Waals surface area contributed by atoms with Crippen molar-refractivity contribution in [2.75, 3.05) is 18.4 Å². The Kier molecular flexibility index (Phi) is 6.29. The molecular weight excluding hydrogens is 322 g/mol. The van der Waals surface area contributed by atoms with Crippen molar-refractivity contribution in [3.63, 3.8) is 0 Å². The van der Waals surface area contributed by atoms with Gasteiger partial charge in [-0.3, -0.25) is 4.90 Å². The Balaban J connectivity index is 1.54. The molecule has 0 aliphatic carbocycles. The lowest BCUT2D eigenvalue weighted by atomic mass is 10.0. The van der Waals surface area contributed by atoms with Gasteiger partial charge >= 0.3 is 6.03 Å². The first-order chi connectivity index (χ1) is 12.6. The van der Waals surface area contributed by atoms with E-state index >= 15 is 0 Å². The van der Waals surface area contributed by atoms with Gasteiger partial charge in [-0.1, -0.05) is 62.4 Å². The summed E-state index contributed by atoms with van der Waals surface area (Å²) in [5.41, 5.74) is 3.39. The van der Waals surface area contributed by atoms with Crippen molar-refractivity contribution in [1.82, 2.24) is 10.2 Å². The molecule has 26 heavy (non-hydrogen) atoms. The molecule has 2 amide bonds. The summed E-state index contributed by atoms with van der Waals surface area (Å²) in [6, 6.07) is 18.6. The largest absolute Gasteiger partial charge is 0.334 e. The molecule has 2 aromatic rings. The molecule has 0 bridgehead atoms. The monoisotopic (exact) mass is 351 g/mol. The number of nitrogens with zero attached hydrogens (tertiary/aromatic N) is 1. The first-order valence-electron chi connectivity index (χ1n) is 9.54. The van der Waals surface area contributed by atoms with Gasteiger partial charge in [-0.15, -0.1) is 0 Å². The first-order valence-corrected chi connectivity index (χ1v) is 9.54. The van der Waals surface area contributed by atoms with Gasteiger partial charge in [0.1, 0.15) is 0 Å². The third-order valence-corrected chi connectivity index (χ3v) is 4.92. The van der Waals surface area contributed by atoms with Gasteiger partial charge in [0, 0.05) is 24.8 Å². The van der Waals surface area contributed by atoms with E-state index in [-0.39, 0.29) is 12.1 Å². The van der Waals surface area contributed by atoms with Crippen molar-refractivity contribution in [3.8, 4) is 0 Å². The van der Waals surface area contributed by atoms with Gasteiger partial charge in [0.05, 0.1) is 0 Å². The van der Waals surface area contributed by atoms with Crippen LogP contribution < -0.4 is 10.6 Å². The SMILES string of the molecule is CC(C)c1ccccc1NC(=O)NC1CCCN(Cc2ccccc2)C1. The van der Waals surface area contributed by atoms with E-state index in [9.17, 15) is 4.79 Å². The summed E-state index contributed by atoms with van der Waals surface area (Å²) < 4.78 is 0. The molecule has 1 unspecified atom stereocenters.